The molecule has 6 heteroatoms. The standard InChI is InChI=1S/C15H19N3O2S/c1-8(2)13(16-10(4)19)14(20)18-15-17-11-6-5-9(3)7-12(11)21-15/h5-8,13H,1-4H3,(H,16,19)(H,17,18,20)/t13-/m1/s1. The number of benzene rings is 1. The first kappa shape index (κ1) is 15.4. The number of nitrogens with one attached hydrogen (secondary N) is 2. The molecule has 1 aromatic carbocycles. The van der Waals surface area contributed by atoms with E-state index < -0.39 is 6.04 Å². The second-order valence-corrected chi connectivity index (χ2v) is 6.43. The summed E-state index contributed by atoms with van der Waals surface area (Å²) in [7, 11) is 0. The molecule has 1 heterocycles. The van der Waals surface area contributed by atoms with Gasteiger partial charge in [0.25, 0.3) is 0 Å². The van der Waals surface area contributed by atoms with E-state index in [2.05, 4.69) is 15.6 Å². The maximum absolute atomic E-state index is 12.3. The van der Waals surface area contributed by atoms with Crippen molar-refractivity contribution in [2.75, 3.05) is 5.32 Å². The number of aryl methyl sites for hydroxylation is 1. The number of rotatable bonds is 4. The largest absolute Gasteiger partial charge is 0.344 e. The van der Waals surface area contributed by atoms with Gasteiger partial charge in [-0.2, -0.15) is 0 Å². The van der Waals surface area contributed by atoms with Gasteiger partial charge in [-0.25, -0.2) is 4.98 Å². The highest BCUT2D eigenvalue weighted by atomic mass is 32.1. The van der Waals surface area contributed by atoms with Crippen LogP contribution in [0.4, 0.5) is 5.13 Å². The van der Waals surface area contributed by atoms with E-state index in [4.69, 9.17) is 0 Å². The van der Waals surface area contributed by atoms with E-state index in [1.807, 2.05) is 39.0 Å². The minimum atomic E-state index is -0.559. The fraction of sp³-hybridized carbons (Fsp3) is 0.400. The molecule has 0 saturated heterocycles. The fourth-order valence-corrected chi connectivity index (χ4v) is 2.99. The van der Waals surface area contributed by atoms with Gasteiger partial charge >= 0.3 is 0 Å². The van der Waals surface area contributed by atoms with Crippen LogP contribution in [0.5, 0.6) is 0 Å². The Hall–Kier alpha value is -1.95. The van der Waals surface area contributed by atoms with Crippen molar-refractivity contribution >= 4 is 38.5 Å². The number of fused-ring (bicyclic) bond motifs is 1. The molecule has 2 amide bonds. The maximum Gasteiger partial charge on any atom is 0.248 e. The first-order chi connectivity index (χ1) is 9.86. The lowest BCUT2D eigenvalue weighted by molar-refractivity contribution is -0.126. The highest BCUT2D eigenvalue weighted by molar-refractivity contribution is 7.22. The van der Waals surface area contributed by atoms with Crippen LogP contribution < -0.4 is 10.6 Å². The fourth-order valence-electron chi connectivity index (χ4n) is 2.02. The van der Waals surface area contributed by atoms with E-state index in [0.717, 1.165) is 15.8 Å². The van der Waals surface area contributed by atoms with Crippen LogP contribution in [0.25, 0.3) is 10.2 Å². The molecule has 0 saturated carbocycles. The number of amides is 2. The molecule has 5 nitrogen and oxygen atoms in total. The van der Waals surface area contributed by atoms with Crippen LogP contribution in [-0.2, 0) is 9.59 Å². The van der Waals surface area contributed by atoms with Gasteiger partial charge in [0.05, 0.1) is 10.2 Å². The summed E-state index contributed by atoms with van der Waals surface area (Å²) in [5, 5.41) is 6.01. The number of carbonyl (C=O) groups is 2. The molecular formula is C15H19N3O2S. The molecule has 0 bridgehead atoms. The van der Waals surface area contributed by atoms with E-state index >= 15 is 0 Å². The molecule has 0 aliphatic heterocycles. The molecule has 2 rings (SSSR count). The predicted molar refractivity (Wildman–Crippen MR) is 85.4 cm³/mol. The van der Waals surface area contributed by atoms with E-state index in [9.17, 15) is 9.59 Å². The van der Waals surface area contributed by atoms with Gasteiger partial charge in [0.1, 0.15) is 6.04 Å². The van der Waals surface area contributed by atoms with Crippen molar-refractivity contribution in [1.82, 2.24) is 10.3 Å². The zero-order chi connectivity index (χ0) is 15.6. The summed E-state index contributed by atoms with van der Waals surface area (Å²) in [4.78, 5) is 27.9. The van der Waals surface area contributed by atoms with Gasteiger partial charge in [-0.1, -0.05) is 31.3 Å². The quantitative estimate of drug-likeness (QED) is 0.912. The van der Waals surface area contributed by atoms with E-state index in [0.29, 0.717) is 5.13 Å². The van der Waals surface area contributed by atoms with Gasteiger partial charge in [-0.3, -0.25) is 9.59 Å². The van der Waals surface area contributed by atoms with Crippen LogP contribution in [0.1, 0.15) is 26.3 Å². The lowest BCUT2D eigenvalue weighted by atomic mass is 10.0. The third-order valence-corrected chi connectivity index (χ3v) is 4.02. The lowest BCUT2D eigenvalue weighted by Gasteiger charge is -2.19. The number of hydrogen-bond acceptors (Lipinski definition) is 4. The number of thiazole rings is 1. The van der Waals surface area contributed by atoms with E-state index in [-0.39, 0.29) is 17.7 Å². The zero-order valence-electron chi connectivity index (χ0n) is 12.6. The van der Waals surface area contributed by atoms with Gasteiger partial charge in [-0.05, 0) is 30.5 Å². The Kier molecular flexibility index (Phi) is 4.57. The van der Waals surface area contributed by atoms with Crippen LogP contribution in [0.3, 0.4) is 0 Å². The SMILES string of the molecule is CC(=O)N[C@@H](C(=O)Nc1nc2ccc(C)cc2s1)C(C)C. The normalized spacial score (nSPS) is 12.4. The summed E-state index contributed by atoms with van der Waals surface area (Å²) in [5.41, 5.74) is 2.02. The summed E-state index contributed by atoms with van der Waals surface area (Å²) >= 11 is 1.43. The second kappa shape index (κ2) is 6.22. The molecule has 0 unspecified atom stereocenters. The summed E-state index contributed by atoms with van der Waals surface area (Å²) in [5.74, 6) is -0.453. The van der Waals surface area contributed by atoms with Gasteiger partial charge in [0.15, 0.2) is 5.13 Å². The van der Waals surface area contributed by atoms with Gasteiger partial charge in [0.2, 0.25) is 11.8 Å². The Bertz CT molecular complexity index is 679. The Morgan fingerprint density at radius 1 is 1.29 bits per heavy atom. The topological polar surface area (TPSA) is 71.1 Å². The van der Waals surface area contributed by atoms with Crippen molar-refractivity contribution in [3.8, 4) is 0 Å². The summed E-state index contributed by atoms with van der Waals surface area (Å²) in [6.07, 6.45) is 0. The second-order valence-electron chi connectivity index (χ2n) is 5.40. The summed E-state index contributed by atoms with van der Waals surface area (Å²) in [6.45, 7) is 7.20. The van der Waals surface area contributed by atoms with Gasteiger partial charge in [-0.15, -0.1) is 0 Å². The first-order valence-electron chi connectivity index (χ1n) is 6.82. The third-order valence-electron chi connectivity index (χ3n) is 3.08. The van der Waals surface area contributed by atoms with Crippen molar-refractivity contribution in [2.45, 2.75) is 33.7 Å². The summed E-state index contributed by atoms with van der Waals surface area (Å²) < 4.78 is 1.03. The number of hydrogen-bond donors (Lipinski definition) is 2. The average molecular weight is 305 g/mol. The molecule has 0 spiro atoms. The highest BCUT2D eigenvalue weighted by Crippen LogP contribution is 2.26. The molecule has 0 aliphatic carbocycles. The monoisotopic (exact) mass is 305 g/mol. The van der Waals surface area contributed by atoms with Crippen LogP contribution in [0.2, 0.25) is 0 Å². The molecule has 2 N–H and O–H groups in total. The van der Waals surface area contributed by atoms with Crippen molar-refractivity contribution in [2.24, 2.45) is 5.92 Å². The number of nitrogens with zero attached hydrogens (tertiary/aromatic N) is 1. The lowest BCUT2D eigenvalue weighted by Crippen LogP contribution is -2.46. The maximum atomic E-state index is 12.3. The molecule has 2 aromatic rings. The van der Waals surface area contributed by atoms with Crippen molar-refractivity contribution in [3.63, 3.8) is 0 Å². The Morgan fingerprint density at radius 2 is 2.00 bits per heavy atom. The van der Waals surface area contributed by atoms with Gasteiger partial charge in [0, 0.05) is 6.92 Å². The number of aromatic nitrogens is 1. The van der Waals surface area contributed by atoms with E-state index in [1.54, 1.807) is 0 Å². The smallest absolute Gasteiger partial charge is 0.248 e. The summed E-state index contributed by atoms with van der Waals surface area (Å²) in [6, 6.07) is 5.40. The van der Waals surface area contributed by atoms with Crippen LogP contribution in [0, 0.1) is 12.8 Å². The molecule has 0 fully saturated rings. The van der Waals surface area contributed by atoms with Crippen LogP contribution in [0.15, 0.2) is 18.2 Å². The molecule has 112 valence electrons. The molecular weight excluding hydrogens is 286 g/mol. The minimum Gasteiger partial charge on any atom is -0.344 e. The number of carbonyl (C=O) groups excluding carboxylic acids is 2. The number of anilines is 1. The molecule has 1 atom stereocenters. The zero-order valence-corrected chi connectivity index (χ0v) is 13.4. The van der Waals surface area contributed by atoms with Crippen molar-refractivity contribution in [3.05, 3.63) is 23.8 Å². The molecule has 0 aliphatic rings. The van der Waals surface area contributed by atoms with Gasteiger partial charge < -0.3 is 10.6 Å². The average Bonchev–Trinajstić information content (AvgIpc) is 2.76. The molecule has 21 heavy (non-hydrogen) atoms. The van der Waals surface area contributed by atoms with Crippen LogP contribution >= 0.6 is 11.3 Å². The molecule has 0 radical (unpaired) electrons. The van der Waals surface area contributed by atoms with Crippen molar-refractivity contribution < 1.29 is 9.59 Å². The Balaban J connectivity index is 2.17. The third kappa shape index (κ3) is 3.78. The first-order valence-corrected chi connectivity index (χ1v) is 7.63. The predicted octanol–water partition coefficient (Wildman–Crippen LogP) is 2.70. The highest BCUT2D eigenvalue weighted by Gasteiger charge is 2.23. The Labute approximate surface area is 127 Å². The molecule has 1 aromatic heterocycles. The Morgan fingerprint density at radius 3 is 2.62 bits per heavy atom. The minimum absolute atomic E-state index is 0.00511. The van der Waals surface area contributed by atoms with E-state index in [1.165, 1.54) is 18.3 Å². The van der Waals surface area contributed by atoms with Crippen molar-refractivity contribution in [1.29, 1.82) is 0 Å². The van der Waals surface area contributed by atoms with Crippen LogP contribution in [-0.4, -0.2) is 22.8 Å².